The molecule has 0 aliphatic carbocycles. The van der Waals surface area contributed by atoms with Gasteiger partial charge in [-0.25, -0.2) is 8.78 Å². The summed E-state index contributed by atoms with van der Waals surface area (Å²) in [6, 6.07) is 3.68. The summed E-state index contributed by atoms with van der Waals surface area (Å²) < 4.78 is 29.9. The molecule has 0 amide bonds. The van der Waals surface area contributed by atoms with Crippen LogP contribution in [-0.2, 0) is 5.60 Å². The van der Waals surface area contributed by atoms with Gasteiger partial charge in [0.05, 0.1) is 0 Å². The van der Waals surface area contributed by atoms with E-state index in [1.54, 1.807) is 0 Å². The van der Waals surface area contributed by atoms with E-state index in [-0.39, 0.29) is 17.1 Å². The Morgan fingerprint density at radius 2 is 2.14 bits per heavy atom. The molecule has 1 unspecified atom stereocenters. The first kappa shape index (κ1) is 9.21. The zero-order valence-corrected chi connectivity index (χ0v) is 7.08. The molecular formula is C9H8F2O3. The van der Waals surface area contributed by atoms with Crippen LogP contribution < -0.4 is 4.74 Å². The van der Waals surface area contributed by atoms with E-state index in [1.807, 2.05) is 0 Å². The van der Waals surface area contributed by atoms with Gasteiger partial charge in [-0.15, -0.1) is 0 Å². The fourth-order valence-electron chi connectivity index (χ4n) is 1.43. The third kappa shape index (κ3) is 1.13. The zero-order chi connectivity index (χ0) is 10.3. The minimum atomic E-state index is -2.91. The molecule has 1 aliphatic rings. The van der Waals surface area contributed by atoms with Crippen LogP contribution in [0.1, 0.15) is 5.56 Å². The van der Waals surface area contributed by atoms with Gasteiger partial charge in [-0.05, 0) is 12.1 Å². The smallest absolute Gasteiger partial charge is 0.274 e. The molecule has 0 radical (unpaired) electrons. The molecule has 5 heteroatoms. The minimum absolute atomic E-state index is 0.0188. The second-order valence-electron chi connectivity index (χ2n) is 3.19. The van der Waals surface area contributed by atoms with E-state index in [2.05, 4.69) is 0 Å². The quantitative estimate of drug-likeness (QED) is 0.720. The van der Waals surface area contributed by atoms with Crippen LogP contribution in [0.3, 0.4) is 0 Å². The summed E-state index contributed by atoms with van der Waals surface area (Å²) in [7, 11) is 0. The fraction of sp³-hybridized carbons (Fsp3) is 0.333. The van der Waals surface area contributed by atoms with Crippen molar-refractivity contribution in [2.45, 2.75) is 12.0 Å². The van der Waals surface area contributed by atoms with Crippen LogP contribution in [0.2, 0.25) is 0 Å². The predicted octanol–water partition coefficient (Wildman–Crippen LogP) is 1.24. The molecule has 0 saturated carbocycles. The highest BCUT2D eigenvalue weighted by molar-refractivity contribution is 5.46. The molecular weight excluding hydrogens is 194 g/mol. The Kier molecular flexibility index (Phi) is 1.85. The van der Waals surface area contributed by atoms with Crippen molar-refractivity contribution in [3.05, 3.63) is 23.8 Å². The van der Waals surface area contributed by atoms with E-state index >= 15 is 0 Å². The molecule has 14 heavy (non-hydrogen) atoms. The number of phenols is 1. The first-order valence-electron chi connectivity index (χ1n) is 4.01. The van der Waals surface area contributed by atoms with Crippen molar-refractivity contribution >= 4 is 0 Å². The molecule has 0 fully saturated rings. The number of alkyl halides is 2. The monoisotopic (exact) mass is 202 g/mol. The van der Waals surface area contributed by atoms with Crippen molar-refractivity contribution in [3.63, 3.8) is 0 Å². The average molecular weight is 202 g/mol. The lowest BCUT2D eigenvalue weighted by Crippen LogP contribution is -2.35. The van der Waals surface area contributed by atoms with Gasteiger partial charge in [0, 0.05) is 11.6 Å². The van der Waals surface area contributed by atoms with Gasteiger partial charge in [0.1, 0.15) is 18.1 Å². The summed E-state index contributed by atoms with van der Waals surface area (Å²) in [5.41, 5.74) is -2.23. The number of rotatable bonds is 1. The molecule has 0 spiro atoms. The molecule has 76 valence electrons. The molecule has 2 rings (SSSR count). The Balaban J connectivity index is 2.49. The Morgan fingerprint density at radius 1 is 1.43 bits per heavy atom. The van der Waals surface area contributed by atoms with Gasteiger partial charge in [-0.1, -0.05) is 0 Å². The van der Waals surface area contributed by atoms with Crippen molar-refractivity contribution < 1.29 is 23.7 Å². The Morgan fingerprint density at radius 3 is 2.79 bits per heavy atom. The van der Waals surface area contributed by atoms with Gasteiger partial charge in [-0.3, -0.25) is 0 Å². The lowest BCUT2D eigenvalue weighted by atomic mass is 9.97. The molecule has 1 aromatic rings. The molecule has 1 atom stereocenters. The van der Waals surface area contributed by atoms with Gasteiger partial charge in [0.15, 0.2) is 5.60 Å². The summed E-state index contributed by atoms with van der Waals surface area (Å²) in [5.74, 6) is 0.0232. The fourth-order valence-corrected chi connectivity index (χ4v) is 1.43. The van der Waals surface area contributed by atoms with Crippen molar-refractivity contribution in [1.82, 2.24) is 0 Å². The van der Waals surface area contributed by atoms with E-state index in [4.69, 9.17) is 9.84 Å². The van der Waals surface area contributed by atoms with E-state index in [9.17, 15) is 13.9 Å². The number of halogens is 2. The van der Waals surface area contributed by atoms with E-state index in [0.717, 1.165) is 0 Å². The predicted molar refractivity (Wildman–Crippen MR) is 43.5 cm³/mol. The maximum absolute atomic E-state index is 12.5. The number of phenolic OH excluding ortho intramolecular Hbond substituents is 1. The Bertz CT molecular complexity index is 367. The van der Waals surface area contributed by atoms with Crippen LogP contribution >= 0.6 is 0 Å². The molecule has 1 heterocycles. The molecule has 1 aromatic carbocycles. The third-order valence-corrected chi connectivity index (χ3v) is 2.24. The average Bonchev–Trinajstić information content (AvgIpc) is 2.45. The van der Waals surface area contributed by atoms with Crippen LogP contribution in [0, 0.1) is 0 Å². The summed E-state index contributed by atoms with van der Waals surface area (Å²) in [5, 5.41) is 18.6. The number of aliphatic hydroxyl groups is 1. The van der Waals surface area contributed by atoms with Gasteiger partial charge < -0.3 is 14.9 Å². The van der Waals surface area contributed by atoms with Crippen LogP contribution in [0.25, 0.3) is 0 Å². The highest BCUT2D eigenvalue weighted by atomic mass is 19.3. The topological polar surface area (TPSA) is 49.7 Å². The molecule has 0 aromatic heterocycles. The van der Waals surface area contributed by atoms with Crippen LogP contribution in [0.5, 0.6) is 11.5 Å². The molecule has 2 N–H and O–H groups in total. The first-order chi connectivity index (χ1) is 6.54. The summed E-state index contributed by atoms with van der Waals surface area (Å²) in [4.78, 5) is 0. The lowest BCUT2D eigenvalue weighted by Gasteiger charge is -2.19. The van der Waals surface area contributed by atoms with Crippen LogP contribution in [0.15, 0.2) is 18.2 Å². The highest BCUT2D eigenvalue weighted by Gasteiger charge is 2.47. The second kappa shape index (κ2) is 2.81. The molecule has 1 aliphatic heterocycles. The Labute approximate surface area is 78.6 Å². The third-order valence-electron chi connectivity index (χ3n) is 2.24. The largest absolute Gasteiger partial charge is 0.508 e. The SMILES string of the molecule is Oc1ccc2c(c1)OCC2(O)C(F)F. The second-order valence-corrected chi connectivity index (χ2v) is 3.19. The highest BCUT2D eigenvalue weighted by Crippen LogP contribution is 2.42. The summed E-state index contributed by atoms with van der Waals surface area (Å²) >= 11 is 0. The van der Waals surface area contributed by atoms with E-state index < -0.39 is 18.6 Å². The van der Waals surface area contributed by atoms with Crippen LogP contribution in [0.4, 0.5) is 8.78 Å². The number of ether oxygens (including phenoxy) is 1. The number of aromatic hydroxyl groups is 1. The summed E-state index contributed by atoms with van der Waals surface area (Å²) in [6.07, 6.45) is -2.91. The number of hydrogen-bond acceptors (Lipinski definition) is 3. The number of hydrogen-bond donors (Lipinski definition) is 2. The minimum Gasteiger partial charge on any atom is -0.508 e. The molecule has 3 nitrogen and oxygen atoms in total. The van der Waals surface area contributed by atoms with E-state index in [0.29, 0.717) is 0 Å². The first-order valence-corrected chi connectivity index (χ1v) is 4.01. The molecule has 0 saturated heterocycles. The number of benzene rings is 1. The van der Waals surface area contributed by atoms with Crippen LogP contribution in [-0.4, -0.2) is 23.2 Å². The normalized spacial score (nSPS) is 24.9. The Hall–Kier alpha value is -1.36. The van der Waals surface area contributed by atoms with Crippen molar-refractivity contribution in [2.24, 2.45) is 0 Å². The van der Waals surface area contributed by atoms with Crippen molar-refractivity contribution in [2.75, 3.05) is 6.61 Å². The van der Waals surface area contributed by atoms with Gasteiger partial charge >= 0.3 is 0 Å². The zero-order valence-electron chi connectivity index (χ0n) is 7.08. The van der Waals surface area contributed by atoms with Gasteiger partial charge in [0.25, 0.3) is 6.43 Å². The maximum Gasteiger partial charge on any atom is 0.274 e. The standard InChI is InChI=1S/C9H8F2O3/c10-8(11)9(13)4-14-7-3-5(12)1-2-6(7)9/h1-3,8,12-13H,4H2. The molecule has 0 bridgehead atoms. The lowest BCUT2D eigenvalue weighted by molar-refractivity contribution is -0.108. The van der Waals surface area contributed by atoms with Crippen molar-refractivity contribution in [1.29, 1.82) is 0 Å². The van der Waals surface area contributed by atoms with Gasteiger partial charge in [-0.2, -0.15) is 0 Å². The number of fused-ring (bicyclic) bond motifs is 1. The summed E-state index contributed by atoms with van der Waals surface area (Å²) in [6.45, 7) is -0.483. The van der Waals surface area contributed by atoms with Gasteiger partial charge in [0.2, 0.25) is 0 Å². The van der Waals surface area contributed by atoms with E-state index in [1.165, 1.54) is 18.2 Å². The van der Waals surface area contributed by atoms with Crippen molar-refractivity contribution in [3.8, 4) is 11.5 Å². The maximum atomic E-state index is 12.5.